The van der Waals surface area contributed by atoms with Gasteiger partial charge >= 0.3 is 0 Å². The van der Waals surface area contributed by atoms with Crippen LogP contribution in [0.1, 0.15) is 46.5 Å². The molecule has 0 aromatic carbocycles. The van der Waals surface area contributed by atoms with Gasteiger partial charge < -0.3 is 14.8 Å². The van der Waals surface area contributed by atoms with Crippen LogP contribution in [0.5, 0.6) is 0 Å². The summed E-state index contributed by atoms with van der Waals surface area (Å²) in [6.45, 7) is 7.54. The summed E-state index contributed by atoms with van der Waals surface area (Å²) in [4.78, 5) is 0. The van der Waals surface area contributed by atoms with Gasteiger partial charge in [0.05, 0.1) is 18.3 Å². The van der Waals surface area contributed by atoms with Crippen molar-refractivity contribution in [2.45, 2.75) is 70.8 Å². The van der Waals surface area contributed by atoms with Gasteiger partial charge in [-0.25, -0.2) is 0 Å². The fourth-order valence-electron chi connectivity index (χ4n) is 3.64. The van der Waals surface area contributed by atoms with Gasteiger partial charge in [-0.05, 0) is 51.5 Å². The summed E-state index contributed by atoms with van der Waals surface area (Å²) in [5, 5.41) is 3.32. The maximum absolute atomic E-state index is 6.30. The first-order chi connectivity index (χ1) is 8.63. The molecule has 2 rings (SSSR count). The number of likely N-dealkylation sites (N-methyl/N-ethyl adjacent to an activating group) is 1. The minimum atomic E-state index is 0.257. The van der Waals surface area contributed by atoms with Crippen LogP contribution in [0, 0.1) is 11.8 Å². The Bertz CT molecular complexity index is 249. The number of nitrogens with one attached hydrogen (secondary N) is 1. The molecule has 1 N–H and O–H groups in total. The minimum Gasteiger partial charge on any atom is -0.374 e. The summed E-state index contributed by atoms with van der Waals surface area (Å²) in [5.41, 5.74) is 0. The van der Waals surface area contributed by atoms with Gasteiger partial charge in [0.25, 0.3) is 0 Å². The second-order valence-electron chi connectivity index (χ2n) is 6.26. The average Bonchev–Trinajstić information content (AvgIpc) is 2.30. The number of hydrogen-bond acceptors (Lipinski definition) is 3. The zero-order valence-corrected chi connectivity index (χ0v) is 12.3. The normalized spacial score (nSPS) is 44.7. The third-order valence-corrected chi connectivity index (χ3v) is 4.48. The van der Waals surface area contributed by atoms with E-state index in [9.17, 15) is 0 Å². The van der Waals surface area contributed by atoms with Gasteiger partial charge in [0.2, 0.25) is 0 Å². The Labute approximate surface area is 112 Å². The van der Waals surface area contributed by atoms with Crippen molar-refractivity contribution >= 4 is 0 Å². The maximum atomic E-state index is 6.30. The van der Waals surface area contributed by atoms with Gasteiger partial charge in [0.15, 0.2) is 0 Å². The molecule has 0 saturated heterocycles. The van der Waals surface area contributed by atoms with Crippen LogP contribution in [-0.4, -0.2) is 38.0 Å². The highest BCUT2D eigenvalue weighted by Gasteiger charge is 2.43. The Kier molecular flexibility index (Phi) is 5.05. The predicted molar refractivity (Wildman–Crippen MR) is 73.7 cm³/mol. The molecule has 0 aliphatic heterocycles. The van der Waals surface area contributed by atoms with Crippen LogP contribution in [0.15, 0.2) is 0 Å². The Morgan fingerprint density at radius 3 is 2.28 bits per heavy atom. The third-order valence-electron chi connectivity index (χ3n) is 4.48. The molecule has 2 aliphatic carbocycles. The highest BCUT2D eigenvalue weighted by molar-refractivity contribution is 4.97. The summed E-state index contributed by atoms with van der Waals surface area (Å²) in [5.74, 6) is 1.62. The van der Waals surface area contributed by atoms with Crippen LogP contribution >= 0.6 is 0 Å². The second-order valence-corrected chi connectivity index (χ2v) is 6.26. The van der Waals surface area contributed by atoms with E-state index in [1.165, 1.54) is 19.3 Å². The lowest BCUT2D eigenvalue weighted by atomic mass is 9.80. The monoisotopic (exact) mass is 255 g/mol. The van der Waals surface area contributed by atoms with Crippen molar-refractivity contribution in [3.8, 4) is 0 Å². The van der Waals surface area contributed by atoms with E-state index in [4.69, 9.17) is 9.47 Å². The number of hydrogen-bond donors (Lipinski definition) is 1. The zero-order valence-electron chi connectivity index (χ0n) is 12.3. The quantitative estimate of drug-likeness (QED) is 0.819. The van der Waals surface area contributed by atoms with Gasteiger partial charge in [0.1, 0.15) is 0 Å². The highest BCUT2D eigenvalue weighted by Crippen LogP contribution is 2.35. The second kappa shape index (κ2) is 6.36. The molecule has 2 fully saturated rings. The van der Waals surface area contributed by atoms with Crippen molar-refractivity contribution in [3.05, 3.63) is 0 Å². The van der Waals surface area contributed by atoms with Crippen LogP contribution < -0.4 is 5.32 Å². The van der Waals surface area contributed by atoms with Crippen LogP contribution in [0.2, 0.25) is 0 Å². The molecule has 0 radical (unpaired) electrons. The molecule has 0 spiro atoms. The molecule has 3 nitrogen and oxygen atoms in total. The summed E-state index contributed by atoms with van der Waals surface area (Å²) < 4.78 is 12.1. The van der Waals surface area contributed by atoms with Gasteiger partial charge in [-0.2, -0.15) is 0 Å². The van der Waals surface area contributed by atoms with Crippen LogP contribution in [0.4, 0.5) is 0 Å². The molecule has 3 heteroatoms. The van der Waals surface area contributed by atoms with Crippen LogP contribution in [-0.2, 0) is 9.47 Å². The SMILES string of the molecule is CCOC1C(NC)CC1OC1CC(C)CC(C)C1. The lowest BCUT2D eigenvalue weighted by molar-refractivity contribution is -0.174. The van der Waals surface area contributed by atoms with Crippen molar-refractivity contribution in [3.63, 3.8) is 0 Å². The van der Waals surface area contributed by atoms with E-state index < -0.39 is 0 Å². The first kappa shape index (κ1) is 14.3. The van der Waals surface area contributed by atoms with Crippen molar-refractivity contribution in [2.75, 3.05) is 13.7 Å². The van der Waals surface area contributed by atoms with Crippen molar-refractivity contribution in [1.29, 1.82) is 0 Å². The maximum Gasteiger partial charge on any atom is 0.0990 e. The highest BCUT2D eigenvalue weighted by atomic mass is 16.6. The van der Waals surface area contributed by atoms with Gasteiger partial charge in [0, 0.05) is 12.6 Å². The molecular weight excluding hydrogens is 226 g/mol. The standard InChI is InChI=1S/C15H29NO2/c1-5-17-15-13(16-4)9-14(15)18-12-7-10(2)6-11(3)8-12/h10-16H,5-9H2,1-4H3. The van der Waals surface area contributed by atoms with E-state index in [0.29, 0.717) is 18.2 Å². The average molecular weight is 255 g/mol. The lowest BCUT2D eigenvalue weighted by Gasteiger charge is -2.46. The van der Waals surface area contributed by atoms with Crippen molar-refractivity contribution in [1.82, 2.24) is 5.32 Å². The van der Waals surface area contributed by atoms with Gasteiger partial charge in [-0.1, -0.05) is 13.8 Å². The molecule has 5 atom stereocenters. The van der Waals surface area contributed by atoms with E-state index in [-0.39, 0.29) is 6.10 Å². The van der Waals surface area contributed by atoms with Gasteiger partial charge in [-0.3, -0.25) is 0 Å². The molecule has 2 aliphatic rings. The Balaban J connectivity index is 1.82. The zero-order chi connectivity index (χ0) is 13.1. The first-order valence-electron chi connectivity index (χ1n) is 7.58. The summed E-state index contributed by atoms with van der Waals surface area (Å²) >= 11 is 0. The molecule has 106 valence electrons. The van der Waals surface area contributed by atoms with E-state index in [2.05, 4.69) is 26.1 Å². The Morgan fingerprint density at radius 1 is 1.06 bits per heavy atom. The van der Waals surface area contributed by atoms with Crippen molar-refractivity contribution < 1.29 is 9.47 Å². The van der Waals surface area contributed by atoms with E-state index in [1.807, 2.05) is 7.05 Å². The number of rotatable bonds is 5. The van der Waals surface area contributed by atoms with Gasteiger partial charge in [-0.15, -0.1) is 0 Å². The Hall–Kier alpha value is -0.120. The first-order valence-corrected chi connectivity index (χ1v) is 7.58. The third kappa shape index (κ3) is 3.25. The molecule has 0 aromatic rings. The molecule has 5 unspecified atom stereocenters. The largest absolute Gasteiger partial charge is 0.374 e. The summed E-state index contributed by atoms with van der Waals surface area (Å²) in [6.07, 6.45) is 5.93. The molecule has 0 heterocycles. The van der Waals surface area contributed by atoms with Crippen LogP contribution in [0.25, 0.3) is 0 Å². The smallest absolute Gasteiger partial charge is 0.0990 e. The van der Waals surface area contributed by atoms with E-state index >= 15 is 0 Å². The molecule has 18 heavy (non-hydrogen) atoms. The predicted octanol–water partition coefficient (Wildman–Crippen LogP) is 2.59. The molecular formula is C15H29NO2. The molecule has 0 aromatic heterocycles. The summed E-state index contributed by atoms with van der Waals surface area (Å²) in [6, 6.07) is 0.480. The van der Waals surface area contributed by atoms with Crippen LogP contribution in [0.3, 0.4) is 0 Å². The lowest BCUT2D eigenvalue weighted by Crippen LogP contribution is -2.60. The van der Waals surface area contributed by atoms with Crippen molar-refractivity contribution in [2.24, 2.45) is 11.8 Å². The fourth-order valence-corrected chi connectivity index (χ4v) is 3.64. The minimum absolute atomic E-state index is 0.257. The molecule has 0 bridgehead atoms. The number of ether oxygens (including phenoxy) is 2. The summed E-state index contributed by atoms with van der Waals surface area (Å²) in [7, 11) is 2.01. The molecule has 0 amide bonds. The fraction of sp³-hybridized carbons (Fsp3) is 1.00. The topological polar surface area (TPSA) is 30.5 Å². The molecule has 2 saturated carbocycles. The Morgan fingerprint density at radius 2 is 1.72 bits per heavy atom. The van der Waals surface area contributed by atoms with E-state index in [1.54, 1.807) is 0 Å². The van der Waals surface area contributed by atoms with E-state index in [0.717, 1.165) is 24.9 Å².